The van der Waals surface area contributed by atoms with Crippen molar-refractivity contribution >= 4 is 11.9 Å². The van der Waals surface area contributed by atoms with E-state index in [1.165, 1.54) is 0 Å². The molecular weight excluding hydrogens is 292 g/mol. The molecule has 1 aromatic heterocycles. The summed E-state index contributed by atoms with van der Waals surface area (Å²) in [6.45, 7) is 6.39. The van der Waals surface area contributed by atoms with Gasteiger partial charge in [0.05, 0.1) is 5.56 Å². The Kier molecular flexibility index (Phi) is 5.43. The van der Waals surface area contributed by atoms with E-state index in [-0.39, 0.29) is 12.1 Å². The van der Waals surface area contributed by atoms with Gasteiger partial charge in [0.25, 0.3) is 0 Å². The average Bonchev–Trinajstić information content (AvgIpc) is 2.91. The lowest BCUT2D eigenvalue weighted by molar-refractivity contribution is 0.0505. The minimum atomic E-state index is -0.467. The molecule has 0 bridgehead atoms. The van der Waals surface area contributed by atoms with Crippen LogP contribution in [-0.4, -0.2) is 29.3 Å². The van der Waals surface area contributed by atoms with Crippen LogP contribution in [0.15, 0.2) is 18.3 Å². The fourth-order valence-electron chi connectivity index (χ4n) is 2.68. The lowest BCUT2D eigenvalue weighted by Crippen LogP contribution is -2.38. The summed E-state index contributed by atoms with van der Waals surface area (Å²) in [7, 11) is 0. The highest BCUT2D eigenvalue weighted by Crippen LogP contribution is 2.26. The Morgan fingerprint density at radius 2 is 2.22 bits per heavy atom. The summed E-state index contributed by atoms with van der Waals surface area (Å²) >= 11 is 0. The Balaban J connectivity index is 1.73. The molecule has 1 saturated carbocycles. The number of nitriles is 1. The van der Waals surface area contributed by atoms with Crippen molar-refractivity contribution in [1.29, 1.82) is 5.26 Å². The van der Waals surface area contributed by atoms with E-state index in [4.69, 9.17) is 10.00 Å². The van der Waals surface area contributed by atoms with E-state index >= 15 is 0 Å². The molecule has 2 atom stereocenters. The zero-order valence-electron chi connectivity index (χ0n) is 13.9. The average molecular weight is 316 g/mol. The Morgan fingerprint density at radius 1 is 1.43 bits per heavy atom. The number of anilines is 1. The molecule has 0 unspecified atom stereocenters. The first-order valence-electron chi connectivity index (χ1n) is 7.95. The highest BCUT2D eigenvalue weighted by molar-refractivity contribution is 5.68. The number of ether oxygens (including phenoxy) is 1. The van der Waals surface area contributed by atoms with E-state index < -0.39 is 5.60 Å². The molecule has 0 aliphatic heterocycles. The number of rotatable bonds is 4. The minimum Gasteiger partial charge on any atom is -0.444 e. The van der Waals surface area contributed by atoms with Gasteiger partial charge in [0.1, 0.15) is 17.5 Å². The van der Waals surface area contributed by atoms with Gasteiger partial charge in [-0.1, -0.05) is 0 Å². The van der Waals surface area contributed by atoms with Crippen LogP contribution in [0.2, 0.25) is 0 Å². The van der Waals surface area contributed by atoms with Gasteiger partial charge in [-0.3, -0.25) is 0 Å². The van der Waals surface area contributed by atoms with Crippen molar-refractivity contribution in [2.75, 3.05) is 11.9 Å². The van der Waals surface area contributed by atoms with Gasteiger partial charge >= 0.3 is 6.09 Å². The second-order valence-electron chi connectivity index (χ2n) is 6.95. The smallest absolute Gasteiger partial charge is 0.407 e. The number of alkyl carbamates (subject to hydrolysis) is 1. The summed E-state index contributed by atoms with van der Waals surface area (Å²) in [4.78, 5) is 16.0. The molecule has 1 amide bonds. The van der Waals surface area contributed by atoms with Crippen LogP contribution in [0.4, 0.5) is 10.6 Å². The molecule has 0 radical (unpaired) electrons. The molecule has 1 aliphatic carbocycles. The van der Waals surface area contributed by atoms with Crippen molar-refractivity contribution in [3.8, 4) is 6.07 Å². The maximum Gasteiger partial charge on any atom is 0.407 e. The van der Waals surface area contributed by atoms with Crippen LogP contribution in [0.5, 0.6) is 0 Å². The maximum absolute atomic E-state index is 11.8. The minimum absolute atomic E-state index is 0.172. The molecule has 0 aromatic carbocycles. The number of hydrogen-bond acceptors (Lipinski definition) is 5. The van der Waals surface area contributed by atoms with Crippen molar-refractivity contribution in [1.82, 2.24) is 10.3 Å². The normalized spacial score (nSPS) is 20.6. The Bertz CT molecular complexity index is 572. The van der Waals surface area contributed by atoms with Crippen molar-refractivity contribution < 1.29 is 9.53 Å². The Hall–Kier alpha value is -2.29. The Labute approximate surface area is 137 Å². The third kappa shape index (κ3) is 5.78. The largest absolute Gasteiger partial charge is 0.444 e. The lowest BCUT2D eigenvalue weighted by Gasteiger charge is -2.21. The first kappa shape index (κ1) is 17.1. The highest BCUT2D eigenvalue weighted by atomic mass is 16.6. The van der Waals surface area contributed by atoms with Gasteiger partial charge in [-0.15, -0.1) is 0 Å². The van der Waals surface area contributed by atoms with E-state index in [0.29, 0.717) is 11.5 Å². The van der Waals surface area contributed by atoms with Gasteiger partial charge in [0, 0.05) is 18.8 Å². The molecule has 1 aromatic rings. The number of nitrogens with zero attached hydrogens (tertiary/aromatic N) is 2. The Morgan fingerprint density at radius 3 is 2.83 bits per heavy atom. The van der Waals surface area contributed by atoms with Crippen molar-refractivity contribution in [2.24, 2.45) is 5.92 Å². The number of carbonyl (C=O) groups is 1. The van der Waals surface area contributed by atoms with Gasteiger partial charge in [-0.2, -0.15) is 5.26 Å². The fourth-order valence-corrected chi connectivity index (χ4v) is 2.68. The molecule has 124 valence electrons. The molecule has 0 saturated heterocycles. The first-order chi connectivity index (χ1) is 10.9. The van der Waals surface area contributed by atoms with Crippen molar-refractivity contribution in [2.45, 2.75) is 51.7 Å². The standard InChI is InChI=1S/C17H24N4O2/c1-17(2,3)23-16(22)21-14-6-4-12(8-14)10-19-15-7-5-13(9-18)11-20-15/h5,7,11-12,14H,4,6,8,10H2,1-3H3,(H,19,20)(H,21,22)/t12-,14+/m0/s1. The molecule has 2 rings (SSSR count). The van der Waals surface area contributed by atoms with E-state index in [1.807, 2.05) is 32.9 Å². The summed E-state index contributed by atoms with van der Waals surface area (Å²) < 4.78 is 5.28. The molecule has 6 heteroatoms. The number of pyridine rings is 1. The van der Waals surface area contributed by atoms with E-state index in [0.717, 1.165) is 31.6 Å². The molecule has 23 heavy (non-hydrogen) atoms. The number of nitrogens with one attached hydrogen (secondary N) is 2. The molecule has 1 heterocycles. The van der Waals surface area contributed by atoms with Gasteiger partial charge in [-0.05, 0) is 58.1 Å². The van der Waals surface area contributed by atoms with Crippen LogP contribution in [0, 0.1) is 17.2 Å². The molecule has 2 N–H and O–H groups in total. The summed E-state index contributed by atoms with van der Waals surface area (Å²) in [6, 6.07) is 5.78. The van der Waals surface area contributed by atoms with Crippen LogP contribution in [-0.2, 0) is 4.74 Å². The SMILES string of the molecule is CC(C)(C)OC(=O)N[C@@H]1CC[C@H](CNc2ccc(C#N)cn2)C1. The second kappa shape index (κ2) is 7.32. The zero-order valence-corrected chi connectivity index (χ0v) is 13.9. The topological polar surface area (TPSA) is 87.0 Å². The molecule has 0 spiro atoms. The second-order valence-corrected chi connectivity index (χ2v) is 6.95. The van der Waals surface area contributed by atoms with Gasteiger partial charge in [0.15, 0.2) is 0 Å². The number of aromatic nitrogens is 1. The van der Waals surface area contributed by atoms with Crippen molar-refractivity contribution in [3.05, 3.63) is 23.9 Å². The van der Waals surface area contributed by atoms with Gasteiger partial charge in [0.2, 0.25) is 0 Å². The number of amides is 1. The maximum atomic E-state index is 11.8. The van der Waals surface area contributed by atoms with Crippen LogP contribution >= 0.6 is 0 Å². The predicted molar refractivity (Wildman–Crippen MR) is 87.9 cm³/mol. The summed E-state index contributed by atoms with van der Waals surface area (Å²) in [5.41, 5.74) is 0.0864. The van der Waals surface area contributed by atoms with Gasteiger partial charge in [-0.25, -0.2) is 9.78 Å². The third-order valence-corrected chi connectivity index (χ3v) is 3.73. The molecule has 6 nitrogen and oxygen atoms in total. The molecule has 1 aliphatic rings. The fraction of sp³-hybridized carbons (Fsp3) is 0.588. The van der Waals surface area contributed by atoms with E-state index in [2.05, 4.69) is 15.6 Å². The highest BCUT2D eigenvalue weighted by Gasteiger charge is 2.27. The molecular formula is C17H24N4O2. The van der Waals surface area contributed by atoms with Crippen LogP contribution in [0.25, 0.3) is 0 Å². The van der Waals surface area contributed by atoms with Crippen molar-refractivity contribution in [3.63, 3.8) is 0 Å². The quantitative estimate of drug-likeness (QED) is 0.891. The van der Waals surface area contributed by atoms with E-state index in [1.54, 1.807) is 12.3 Å². The number of hydrogen-bond donors (Lipinski definition) is 2. The van der Waals surface area contributed by atoms with Gasteiger partial charge < -0.3 is 15.4 Å². The monoisotopic (exact) mass is 316 g/mol. The van der Waals surface area contributed by atoms with Crippen LogP contribution < -0.4 is 10.6 Å². The lowest BCUT2D eigenvalue weighted by atomic mass is 10.1. The summed E-state index contributed by atoms with van der Waals surface area (Å²) in [6.07, 6.45) is 4.17. The van der Waals surface area contributed by atoms with Crippen LogP contribution in [0.3, 0.4) is 0 Å². The predicted octanol–water partition coefficient (Wildman–Crippen LogP) is 3.06. The summed E-state index contributed by atoms with van der Waals surface area (Å²) in [5.74, 6) is 1.26. The number of carbonyl (C=O) groups excluding carboxylic acids is 1. The first-order valence-corrected chi connectivity index (χ1v) is 7.95. The van der Waals surface area contributed by atoms with E-state index in [9.17, 15) is 4.79 Å². The molecule has 1 fully saturated rings. The zero-order chi connectivity index (χ0) is 16.9. The van der Waals surface area contributed by atoms with Crippen LogP contribution in [0.1, 0.15) is 45.6 Å². The summed E-state index contributed by atoms with van der Waals surface area (Å²) in [5, 5.41) is 15.0. The third-order valence-electron chi connectivity index (χ3n) is 3.73.